The van der Waals surface area contributed by atoms with Gasteiger partial charge in [0.1, 0.15) is 5.69 Å². The van der Waals surface area contributed by atoms with E-state index in [0.29, 0.717) is 18.3 Å². The molecule has 0 aliphatic carbocycles. The van der Waals surface area contributed by atoms with Crippen molar-refractivity contribution >= 4 is 5.91 Å². The SMILES string of the molecule is O=C(NCCC1CCCO1)c1cnccn1. The summed E-state index contributed by atoms with van der Waals surface area (Å²) in [6.07, 6.45) is 7.91. The molecule has 1 aromatic heterocycles. The van der Waals surface area contributed by atoms with Crippen molar-refractivity contribution in [2.24, 2.45) is 0 Å². The van der Waals surface area contributed by atoms with Crippen LogP contribution < -0.4 is 5.32 Å². The first-order chi connectivity index (χ1) is 7.86. The first-order valence-electron chi connectivity index (χ1n) is 5.52. The molecule has 0 spiro atoms. The Hall–Kier alpha value is -1.49. The van der Waals surface area contributed by atoms with Crippen LogP contribution in [0.3, 0.4) is 0 Å². The number of aromatic nitrogens is 2. The highest BCUT2D eigenvalue weighted by Gasteiger charge is 2.15. The Bertz CT molecular complexity index is 336. The molecular weight excluding hydrogens is 206 g/mol. The van der Waals surface area contributed by atoms with E-state index in [1.165, 1.54) is 12.4 Å². The van der Waals surface area contributed by atoms with Gasteiger partial charge < -0.3 is 10.1 Å². The normalized spacial score (nSPS) is 19.6. The van der Waals surface area contributed by atoms with E-state index >= 15 is 0 Å². The Labute approximate surface area is 94.2 Å². The maximum atomic E-state index is 11.6. The highest BCUT2D eigenvalue weighted by atomic mass is 16.5. The number of carbonyl (C=O) groups is 1. The van der Waals surface area contributed by atoms with Gasteiger partial charge in [-0.25, -0.2) is 4.98 Å². The monoisotopic (exact) mass is 221 g/mol. The molecule has 0 aromatic carbocycles. The number of rotatable bonds is 4. The van der Waals surface area contributed by atoms with Crippen molar-refractivity contribution in [1.29, 1.82) is 0 Å². The lowest BCUT2D eigenvalue weighted by Gasteiger charge is -2.09. The Morgan fingerprint density at radius 2 is 2.50 bits per heavy atom. The molecule has 1 amide bonds. The first kappa shape index (κ1) is 11.0. The Morgan fingerprint density at radius 3 is 3.19 bits per heavy atom. The van der Waals surface area contributed by atoms with Gasteiger partial charge in [0.25, 0.3) is 5.91 Å². The van der Waals surface area contributed by atoms with Gasteiger partial charge in [0, 0.05) is 25.5 Å². The van der Waals surface area contributed by atoms with Crippen LogP contribution in [0.1, 0.15) is 29.8 Å². The van der Waals surface area contributed by atoms with E-state index in [4.69, 9.17) is 4.74 Å². The number of hydrogen-bond acceptors (Lipinski definition) is 4. The van der Waals surface area contributed by atoms with Gasteiger partial charge in [-0.3, -0.25) is 9.78 Å². The summed E-state index contributed by atoms with van der Waals surface area (Å²) in [5.74, 6) is -0.175. The third kappa shape index (κ3) is 3.00. The summed E-state index contributed by atoms with van der Waals surface area (Å²) in [7, 11) is 0. The molecule has 86 valence electrons. The van der Waals surface area contributed by atoms with Gasteiger partial charge in [0.2, 0.25) is 0 Å². The fourth-order valence-electron chi connectivity index (χ4n) is 1.73. The van der Waals surface area contributed by atoms with Gasteiger partial charge in [0.15, 0.2) is 0 Å². The third-order valence-electron chi connectivity index (χ3n) is 2.57. The van der Waals surface area contributed by atoms with Gasteiger partial charge in [-0.1, -0.05) is 0 Å². The predicted octanol–water partition coefficient (Wildman–Crippen LogP) is 0.775. The van der Waals surface area contributed by atoms with E-state index in [1.54, 1.807) is 6.20 Å². The van der Waals surface area contributed by atoms with Crippen LogP contribution in [0.25, 0.3) is 0 Å². The van der Waals surface area contributed by atoms with Crippen LogP contribution in [0.4, 0.5) is 0 Å². The summed E-state index contributed by atoms with van der Waals surface area (Å²) in [5.41, 5.74) is 0.356. The van der Waals surface area contributed by atoms with E-state index in [2.05, 4.69) is 15.3 Å². The zero-order valence-corrected chi connectivity index (χ0v) is 9.06. The standard InChI is InChI=1S/C11H15N3O2/c15-11(10-8-12-5-6-13-10)14-4-3-9-2-1-7-16-9/h5-6,8-9H,1-4,7H2,(H,14,15). The molecule has 1 aromatic rings. The maximum Gasteiger partial charge on any atom is 0.271 e. The summed E-state index contributed by atoms with van der Waals surface area (Å²) in [6.45, 7) is 1.48. The first-order valence-corrected chi connectivity index (χ1v) is 5.52. The quantitative estimate of drug-likeness (QED) is 0.815. The van der Waals surface area contributed by atoms with Crippen LogP contribution in [0.15, 0.2) is 18.6 Å². The molecule has 1 aliphatic rings. The third-order valence-corrected chi connectivity index (χ3v) is 2.57. The summed E-state index contributed by atoms with van der Waals surface area (Å²) in [5, 5.41) is 2.80. The van der Waals surface area contributed by atoms with Gasteiger partial charge in [0.05, 0.1) is 12.3 Å². The average Bonchev–Trinajstić information content (AvgIpc) is 2.83. The van der Waals surface area contributed by atoms with Gasteiger partial charge in [-0.15, -0.1) is 0 Å². The molecule has 2 heterocycles. The van der Waals surface area contributed by atoms with Crippen molar-refractivity contribution < 1.29 is 9.53 Å². The minimum atomic E-state index is -0.175. The molecule has 1 atom stereocenters. The molecule has 1 N–H and O–H groups in total. The maximum absolute atomic E-state index is 11.6. The Morgan fingerprint density at radius 1 is 1.56 bits per heavy atom. The van der Waals surface area contributed by atoms with E-state index < -0.39 is 0 Å². The summed E-state index contributed by atoms with van der Waals surface area (Å²) in [6, 6.07) is 0. The average molecular weight is 221 g/mol. The van der Waals surface area contributed by atoms with Crippen molar-refractivity contribution in [3.05, 3.63) is 24.3 Å². The number of ether oxygens (including phenoxy) is 1. The van der Waals surface area contributed by atoms with Crippen molar-refractivity contribution in [2.75, 3.05) is 13.2 Å². The fourth-order valence-corrected chi connectivity index (χ4v) is 1.73. The molecule has 2 rings (SSSR count). The molecular formula is C11H15N3O2. The topological polar surface area (TPSA) is 64.1 Å². The van der Waals surface area contributed by atoms with Gasteiger partial charge >= 0.3 is 0 Å². The van der Waals surface area contributed by atoms with E-state index in [1.807, 2.05) is 0 Å². The van der Waals surface area contributed by atoms with Crippen molar-refractivity contribution in [3.8, 4) is 0 Å². The second-order valence-electron chi connectivity index (χ2n) is 3.77. The van der Waals surface area contributed by atoms with Gasteiger partial charge in [-0.2, -0.15) is 0 Å². The van der Waals surface area contributed by atoms with Crippen LogP contribution in [-0.2, 0) is 4.74 Å². The molecule has 1 fully saturated rings. The van der Waals surface area contributed by atoms with Crippen LogP contribution in [0.5, 0.6) is 0 Å². The Kier molecular flexibility index (Phi) is 3.82. The molecule has 0 saturated carbocycles. The van der Waals surface area contributed by atoms with Crippen molar-refractivity contribution in [1.82, 2.24) is 15.3 Å². The number of carbonyl (C=O) groups excluding carboxylic acids is 1. The minimum Gasteiger partial charge on any atom is -0.378 e. The molecule has 0 radical (unpaired) electrons. The Balaban J connectivity index is 1.71. The summed E-state index contributed by atoms with van der Waals surface area (Å²) < 4.78 is 5.46. The molecule has 1 unspecified atom stereocenters. The van der Waals surface area contributed by atoms with E-state index in [0.717, 1.165) is 25.9 Å². The molecule has 1 aliphatic heterocycles. The predicted molar refractivity (Wildman–Crippen MR) is 58.0 cm³/mol. The summed E-state index contributed by atoms with van der Waals surface area (Å²) >= 11 is 0. The van der Waals surface area contributed by atoms with Crippen LogP contribution in [0, 0.1) is 0 Å². The number of amides is 1. The van der Waals surface area contributed by atoms with E-state index in [9.17, 15) is 4.79 Å². The second-order valence-corrected chi connectivity index (χ2v) is 3.77. The van der Waals surface area contributed by atoms with Crippen molar-refractivity contribution in [2.45, 2.75) is 25.4 Å². The lowest BCUT2D eigenvalue weighted by Crippen LogP contribution is -2.27. The van der Waals surface area contributed by atoms with Gasteiger partial charge in [-0.05, 0) is 19.3 Å². The largest absolute Gasteiger partial charge is 0.378 e. The lowest BCUT2D eigenvalue weighted by molar-refractivity contribution is 0.0903. The molecule has 16 heavy (non-hydrogen) atoms. The second kappa shape index (κ2) is 5.55. The number of hydrogen-bond donors (Lipinski definition) is 1. The summed E-state index contributed by atoms with van der Waals surface area (Å²) in [4.78, 5) is 19.3. The molecule has 1 saturated heterocycles. The number of nitrogens with one attached hydrogen (secondary N) is 1. The zero-order chi connectivity index (χ0) is 11.2. The van der Waals surface area contributed by atoms with E-state index in [-0.39, 0.29) is 5.91 Å². The molecule has 0 bridgehead atoms. The number of nitrogens with zero attached hydrogens (tertiary/aromatic N) is 2. The highest BCUT2D eigenvalue weighted by molar-refractivity contribution is 5.91. The molecule has 5 nitrogen and oxygen atoms in total. The zero-order valence-electron chi connectivity index (χ0n) is 9.06. The van der Waals surface area contributed by atoms with Crippen LogP contribution in [-0.4, -0.2) is 35.1 Å². The van der Waals surface area contributed by atoms with Crippen molar-refractivity contribution in [3.63, 3.8) is 0 Å². The smallest absolute Gasteiger partial charge is 0.271 e. The minimum absolute atomic E-state index is 0.175. The lowest BCUT2D eigenvalue weighted by atomic mass is 10.2. The fraction of sp³-hybridized carbons (Fsp3) is 0.545. The highest BCUT2D eigenvalue weighted by Crippen LogP contribution is 2.14. The van der Waals surface area contributed by atoms with Crippen LogP contribution in [0.2, 0.25) is 0 Å². The van der Waals surface area contributed by atoms with Crippen LogP contribution >= 0.6 is 0 Å². The molecule has 5 heteroatoms.